The third-order valence-corrected chi connectivity index (χ3v) is 29.3. The molecule has 15 aromatic rings. The maximum Gasteiger partial charge on any atom is 0.180 e. The topological polar surface area (TPSA) is 29.5 Å². The average Bonchev–Trinajstić information content (AvgIpc) is 1.56. The van der Waals surface area contributed by atoms with Crippen molar-refractivity contribution in [1.82, 2.24) is 0 Å². The van der Waals surface area contributed by atoms with Crippen molar-refractivity contribution in [3.05, 3.63) is 308 Å². The normalized spacial score (nSPS) is 14.4. The van der Waals surface area contributed by atoms with Gasteiger partial charge in [-0.05, 0) is 152 Å². The summed E-state index contributed by atoms with van der Waals surface area (Å²) < 4.78 is 13.7. The third-order valence-electron chi connectivity index (χ3n) is 19.6. The number of nitrogens with zero attached hydrogens (tertiary/aromatic N) is 1. The molecule has 0 saturated carbocycles. The van der Waals surface area contributed by atoms with Crippen molar-refractivity contribution in [3.8, 4) is 44.5 Å². The first-order chi connectivity index (χ1) is 42.4. The van der Waals surface area contributed by atoms with Crippen LogP contribution in [0.3, 0.4) is 0 Å². The number of hydrogen-bond donors (Lipinski definition) is 0. The van der Waals surface area contributed by atoms with Crippen LogP contribution < -0.4 is 46.4 Å². The van der Waals surface area contributed by atoms with E-state index in [0.717, 1.165) is 61.3 Å². The van der Waals surface area contributed by atoms with Gasteiger partial charge in [0.05, 0.1) is 0 Å². The van der Waals surface area contributed by atoms with E-state index in [2.05, 4.69) is 316 Å². The van der Waals surface area contributed by atoms with Gasteiger partial charge >= 0.3 is 0 Å². The zero-order valence-electron chi connectivity index (χ0n) is 47.6. The highest BCUT2D eigenvalue weighted by Crippen LogP contribution is 2.56. The molecule has 13 aromatic carbocycles. The lowest BCUT2D eigenvalue weighted by molar-refractivity contribution is 0.657. The van der Waals surface area contributed by atoms with Gasteiger partial charge in [-0.1, -0.05) is 250 Å². The molecular weight excluding hydrogens is 1080 g/mol. The van der Waals surface area contributed by atoms with Crippen LogP contribution in [0.5, 0.6) is 0 Å². The summed E-state index contributed by atoms with van der Waals surface area (Å²) in [6.07, 6.45) is 0. The highest BCUT2D eigenvalue weighted by atomic mass is 28.3. The summed E-state index contributed by atoms with van der Waals surface area (Å²) in [6.45, 7) is 4.82. The maximum absolute atomic E-state index is 6.88. The maximum atomic E-state index is 6.88. The lowest BCUT2D eigenvalue weighted by Crippen LogP contribution is -2.74. The van der Waals surface area contributed by atoms with Crippen LogP contribution in [-0.4, -0.2) is 16.1 Å². The molecule has 0 radical (unpaired) electrons. The molecule has 18 rings (SSSR count). The fourth-order valence-electron chi connectivity index (χ4n) is 16.0. The second kappa shape index (κ2) is 18.3. The number of fused-ring (bicyclic) bond motifs is 17. The summed E-state index contributed by atoms with van der Waals surface area (Å²) in [4.78, 5) is 2.51. The predicted octanol–water partition coefficient (Wildman–Crippen LogP) is 15.6. The van der Waals surface area contributed by atoms with E-state index in [9.17, 15) is 0 Å². The summed E-state index contributed by atoms with van der Waals surface area (Å²) >= 11 is 0. The third kappa shape index (κ3) is 6.61. The van der Waals surface area contributed by atoms with E-state index in [-0.39, 0.29) is 5.41 Å². The number of para-hydroxylation sites is 3. The van der Waals surface area contributed by atoms with Crippen LogP contribution in [0.4, 0.5) is 17.1 Å². The van der Waals surface area contributed by atoms with Gasteiger partial charge in [0.25, 0.3) is 0 Å². The minimum atomic E-state index is -3.18. The van der Waals surface area contributed by atoms with Crippen molar-refractivity contribution >= 4 is 119 Å². The summed E-state index contributed by atoms with van der Waals surface area (Å²) in [5.74, 6) is 0. The van der Waals surface area contributed by atoms with Crippen molar-refractivity contribution in [2.75, 3.05) is 4.90 Å². The molecule has 0 unspecified atom stereocenters. The van der Waals surface area contributed by atoms with E-state index < -0.39 is 16.1 Å². The first kappa shape index (κ1) is 49.2. The number of anilines is 3. The van der Waals surface area contributed by atoms with Crippen LogP contribution in [0.25, 0.3) is 88.4 Å². The van der Waals surface area contributed by atoms with Gasteiger partial charge in [-0.3, -0.25) is 0 Å². The summed E-state index contributed by atoms with van der Waals surface area (Å²) in [5.41, 5.74) is 19.3. The van der Waals surface area contributed by atoms with Gasteiger partial charge < -0.3 is 13.7 Å². The zero-order valence-corrected chi connectivity index (χ0v) is 49.6. The van der Waals surface area contributed by atoms with Crippen LogP contribution in [0.1, 0.15) is 25.0 Å². The van der Waals surface area contributed by atoms with E-state index in [1.807, 2.05) is 0 Å². The first-order valence-electron chi connectivity index (χ1n) is 30.0. The van der Waals surface area contributed by atoms with Crippen molar-refractivity contribution < 1.29 is 8.83 Å². The number of benzene rings is 13. The summed E-state index contributed by atoms with van der Waals surface area (Å²) in [5, 5.41) is 15.8. The van der Waals surface area contributed by atoms with Gasteiger partial charge in [-0.25, -0.2) is 0 Å². The second-order valence-electron chi connectivity index (χ2n) is 24.1. The molecule has 0 amide bonds. The molecule has 0 saturated heterocycles. The molecule has 2 aliphatic heterocycles. The fraction of sp³-hybridized carbons (Fsp3) is 0.0370. The van der Waals surface area contributed by atoms with E-state index in [1.54, 1.807) is 0 Å². The van der Waals surface area contributed by atoms with E-state index >= 15 is 0 Å². The zero-order chi connectivity index (χ0) is 56.9. The monoisotopic (exact) mass is 1130 g/mol. The fourth-order valence-corrected chi connectivity index (χ4v) is 26.4. The van der Waals surface area contributed by atoms with E-state index in [4.69, 9.17) is 8.83 Å². The number of hydrogen-bond acceptors (Lipinski definition) is 3. The highest BCUT2D eigenvalue weighted by Gasteiger charge is 2.54. The van der Waals surface area contributed by atoms with Gasteiger partial charge in [0.15, 0.2) is 16.1 Å². The minimum Gasteiger partial charge on any atom is -0.456 e. The van der Waals surface area contributed by atoms with Crippen LogP contribution in [0, 0.1) is 0 Å². The van der Waals surface area contributed by atoms with Gasteiger partial charge in [0.1, 0.15) is 22.3 Å². The summed E-state index contributed by atoms with van der Waals surface area (Å²) in [7, 11) is -6.20. The molecule has 2 aromatic heterocycles. The molecule has 3 nitrogen and oxygen atoms in total. The van der Waals surface area contributed by atoms with Gasteiger partial charge in [-0.15, -0.1) is 0 Å². The van der Waals surface area contributed by atoms with E-state index in [1.165, 1.54) is 96.8 Å². The molecule has 0 N–H and O–H groups in total. The molecule has 1 aliphatic carbocycles. The van der Waals surface area contributed by atoms with E-state index in [0.29, 0.717) is 0 Å². The van der Waals surface area contributed by atoms with Crippen LogP contribution in [-0.2, 0) is 5.41 Å². The molecule has 86 heavy (non-hydrogen) atoms. The highest BCUT2D eigenvalue weighted by molar-refractivity contribution is 7.24. The Bertz CT molecular complexity index is 5170. The van der Waals surface area contributed by atoms with Crippen LogP contribution in [0.15, 0.2) is 306 Å². The molecule has 0 fully saturated rings. The van der Waals surface area contributed by atoms with Crippen molar-refractivity contribution in [2.24, 2.45) is 0 Å². The SMILES string of the molecule is CC1(C)c2cc(N(c3ccccc3)c3ccc4c(c3)[Si](c3ccccc3)(c3ccccc3)c3cc5c(cc3-4)[Si](c3ccccc3)(c3ccccc3)c3ccc4oc6ccccc6c4c3-5)ccc2-c2c1cc(-c1ccccc1)c1oc3ccccc3c21. The number of rotatable bonds is 8. The van der Waals surface area contributed by atoms with Gasteiger partial charge in [0.2, 0.25) is 0 Å². The Morgan fingerprint density at radius 2 is 0.779 bits per heavy atom. The molecule has 0 atom stereocenters. The molecule has 0 spiro atoms. The molecule has 5 heteroatoms. The lowest BCUT2D eigenvalue weighted by Gasteiger charge is -2.33. The van der Waals surface area contributed by atoms with Crippen molar-refractivity contribution in [1.29, 1.82) is 0 Å². The van der Waals surface area contributed by atoms with Crippen molar-refractivity contribution in [3.63, 3.8) is 0 Å². The van der Waals surface area contributed by atoms with Crippen LogP contribution in [0.2, 0.25) is 0 Å². The summed E-state index contributed by atoms with van der Waals surface area (Å²) in [6, 6.07) is 112. The average molecular weight is 1130 g/mol. The lowest BCUT2D eigenvalue weighted by atomic mass is 9.81. The Labute approximate surface area is 501 Å². The standard InChI is InChI=1S/C81H55NO2Si2/c1-81(2)67-47-54(42-44-61(67)76-68(81)49-64(52-25-9-3-10-26-52)80-79(76)63-38-22-24-40-70(63)84-80)82(53-27-11-4-12-28-53)55-41-43-60-65-50-75-66(51-74(65)86(73(60)48-55,58-33-17-7-18-34-58)59-35-19-8-20-36-59)78-72(46-45-71-77(78)62-37-21-23-39-69(62)83-71)85(75,56-29-13-5-14-30-56)57-31-15-6-16-32-57/h3-51H,1-2H3. The molecular formula is C81H55NO2Si2. The molecule has 0 bridgehead atoms. The van der Waals surface area contributed by atoms with Gasteiger partial charge in [0, 0.05) is 49.6 Å². The smallest absolute Gasteiger partial charge is 0.180 e. The quantitative estimate of drug-likeness (QED) is 0.142. The first-order valence-corrected chi connectivity index (χ1v) is 34.0. The van der Waals surface area contributed by atoms with Crippen molar-refractivity contribution in [2.45, 2.75) is 19.3 Å². The molecule has 404 valence electrons. The molecule has 3 aliphatic rings. The molecule has 4 heterocycles. The Balaban J connectivity index is 0.903. The largest absolute Gasteiger partial charge is 0.456 e. The Morgan fingerprint density at radius 3 is 1.40 bits per heavy atom. The van der Waals surface area contributed by atoms with Crippen LogP contribution >= 0.6 is 0 Å². The number of furan rings is 2. The second-order valence-corrected chi connectivity index (χ2v) is 31.6. The Morgan fingerprint density at radius 1 is 0.302 bits per heavy atom. The Kier molecular flexibility index (Phi) is 10.5. The Hall–Kier alpha value is -10.3. The van der Waals surface area contributed by atoms with Gasteiger partial charge in [-0.2, -0.15) is 0 Å². The minimum absolute atomic E-state index is 0.341. The predicted molar refractivity (Wildman–Crippen MR) is 364 cm³/mol.